The number of furan rings is 1. The third-order valence-electron chi connectivity index (χ3n) is 3.53. The molecule has 2 rings (SSSR count). The summed E-state index contributed by atoms with van der Waals surface area (Å²) < 4.78 is 6.54. The number of hydrogen-bond donors (Lipinski definition) is 1. The number of halogens is 1. The minimum atomic E-state index is 0.672. The molecule has 1 aliphatic carbocycles. The Morgan fingerprint density at radius 1 is 1.31 bits per heavy atom. The molecular weight excluding hydrogens is 313 g/mol. The highest BCUT2D eigenvalue weighted by atomic mass is 127. The van der Waals surface area contributed by atoms with Crippen molar-refractivity contribution in [2.45, 2.75) is 51.6 Å². The molecule has 0 spiro atoms. The van der Waals surface area contributed by atoms with E-state index in [4.69, 9.17) is 4.42 Å². The largest absolute Gasteiger partial charge is 0.454 e. The summed E-state index contributed by atoms with van der Waals surface area (Å²) in [5, 5.41) is 3.64. The van der Waals surface area contributed by atoms with Crippen LogP contribution in [0.3, 0.4) is 0 Å². The summed E-state index contributed by atoms with van der Waals surface area (Å²) in [6.07, 6.45) is 6.86. The third kappa shape index (κ3) is 3.48. The molecule has 1 aromatic heterocycles. The molecule has 0 bridgehead atoms. The van der Waals surface area contributed by atoms with Crippen LogP contribution in [-0.2, 0) is 6.54 Å². The van der Waals surface area contributed by atoms with Gasteiger partial charge in [-0.3, -0.25) is 0 Å². The molecule has 1 fully saturated rings. The fourth-order valence-electron chi connectivity index (χ4n) is 2.47. The molecule has 1 N–H and O–H groups in total. The molecule has 0 radical (unpaired) electrons. The van der Waals surface area contributed by atoms with Gasteiger partial charge in [0.2, 0.25) is 0 Å². The van der Waals surface area contributed by atoms with E-state index in [0.717, 1.165) is 22.0 Å². The van der Waals surface area contributed by atoms with Crippen molar-refractivity contribution < 1.29 is 4.42 Å². The fraction of sp³-hybridized carbons (Fsp3) is 0.692. The van der Waals surface area contributed by atoms with E-state index < -0.39 is 0 Å². The highest BCUT2D eigenvalue weighted by molar-refractivity contribution is 14.1. The van der Waals surface area contributed by atoms with Gasteiger partial charge in [-0.15, -0.1) is 0 Å². The molecule has 16 heavy (non-hydrogen) atoms. The van der Waals surface area contributed by atoms with Crippen molar-refractivity contribution >= 4 is 22.6 Å². The van der Waals surface area contributed by atoms with E-state index in [-0.39, 0.29) is 0 Å². The minimum absolute atomic E-state index is 0.672. The highest BCUT2D eigenvalue weighted by Gasteiger charge is 2.19. The Bertz CT molecular complexity index is 323. The second-order valence-electron chi connectivity index (χ2n) is 4.81. The van der Waals surface area contributed by atoms with Crippen molar-refractivity contribution in [3.63, 3.8) is 0 Å². The molecule has 0 saturated heterocycles. The summed E-state index contributed by atoms with van der Waals surface area (Å²) in [5.41, 5.74) is 0. The van der Waals surface area contributed by atoms with Gasteiger partial charge in [0.25, 0.3) is 0 Å². The van der Waals surface area contributed by atoms with Crippen LogP contribution in [0, 0.1) is 9.68 Å². The monoisotopic (exact) mass is 333 g/mol. The summed E-state index contributed by atoms with van der Waals surface area (Å²) in [5.74, 6) is 1.86. The summed E-state index contributed by atoms with van der Waals surface area (Å²) in [7, 11) is 0. The van der Waals surface area contributed by atoms with Gasteiger partial charge in [0.05, 0.1) is 6.54 Å². The average Bonchev–Trinajstić information content (AvgIpc) is 2.56. The molecular formula is C13H20INO. The third-order valence-corrected chi connectivity index (χ3v) is 4.11. The van der Waals surface area contributed by atoms with Crippen molar-refractivity contribution in [1.29, 1.82) is 0 Å². The molecule has 0 aromatic carbocycles. The van der Waals surface area contributed by atoms with Crippen LogP contribution in [0.5, 0.6) is 0 Å². The molecule has 1 heterocycles. The molecule has 2 atom stereocenters. The van der Waals surface area contributed by atoms with Crippen LogP contribution in [0.1, 0.15) is 44.8 Å². The van der Waals surface area contributed by atoms with E-state index in [9.17, 15) is 0 Å². The standard InChI is InChI=1S/C13H20INO/c1-10-5-3-2-4-6-12(10)15-9-11-7-8-13(14)16-11/h7-8,10,12,15H,2-6,9H2,1H3. The van der Waals surface area contributed by atoms with E-state index in [0.29, 0.717) is 6.04 Å². The zero-order chi connectivity index (χ0) is 11.4. The van der Waals surface area contributed by atoms with Gasteiger partial charge in [-0.1, -0.05) is 26.2 Å². The van der Waals surface area contributed by atoms with Crippen molar-refractivity contribution in [2.24, 2.45) is 5.92 Å². The summed E-state index contributed by atoms with van der Waals surface area (Å²) >= 11 is 2.21. The van der Waals surface area contributed by atoms with E-state index in [2.05, 4.69) is 40.9 Å². The quantitative estimate of drug-likeness (QED) is 0.669. The lowest BCUT2D eigenvalue weighted by molar-refractivity contribution is 0.339. The maximum absolute atomic E-state index is 5.57. The van der Waals surface area contributed by atoms with Gasteiger partial charge in [0, 0.05) is 6.04 Å². The van der Waals surface area contributed by atoms with Crippen LogP contribution >= 0.6 is 22.6 Å². The Balaban J connectivity index is 1.83. The van der Waals surface area contributed by atoms with Crippen molar-refractivity contribution in [1.82, 2.24) is 5.32 Å². The SMILES string of the molecule is CC1CCCCCC1NCc1ccc(I)o1. The van der Waals surface area contributed by atoms with Crippen molar-refractivity contribution in [2.75, 3.05) is 0 Å². The summed E-state index contributed by atoms with van der Waals surface area (Å²) in [6.45, 7) is 3.24. The number of rotatable bonds is 3. The van der Waals surface area contributed by atoms with Crippen LogP contribution in [0.2, 0.25) is 0 Å². The van der Waals surface area contributed by atoms with Gasteiger partial charge >= 0.3 is 0 Å². The van der Waals surface area contributed by atoms with Gasteiger partial charge in [-0.05, 0) is 53.5 Å². The smallest absolute Gasteiger partial charge is 0.164 e. The normalized spacial score (nSPS) is 26.6. The average molecular weight is 333 g/mol. The van der Waals surface area contributed by atoms with Crippen LogP contribution in [0.25, 0.3) is 0 Å². The molecule has 2 unspecified atom stereocenters. The lowest BCUT2D eigenvalue weighted by Gasteiger charge is -2.22. The van der Waals surface area contributed by atoms with Gasteiger partial charge in [0.15, 0.2) is 3.77 Å². The van der Waals surface area contributed by atoms with Gasteiger partial charge in [-0.25, -0.2) is 0 Å². The highest BCUT2D eigenvalue weighted by Crippen LogP contribution is 2.23. The predicted molar refractivity (Wildman–Crippen MR) is 74.3 cm³/mol. The minimum Gasteiger partial charge on any atom is -0.454 e. The molecule has 1 aromatic rings. The van der Waals surface area contributed by atoms with Crippen LogP contribution in [0.4, 0.5) is 0 Å². The molecule has 90 valence electrons. The first-order valence-corrected chi connectivity index (χ1v) is 7.31. The first-order chi connectivity index (χ1) is 7.75. The van der Waals surface area contributed by atoms with E-state index in [1.807, 2.05) is 6.07 Å². The number of nitrogens with one attached hydrogen (secondary N) is 1. The van der Waals surface area contributed by atoms with Gasteiger partial charge in [0.1, 0.15) is 5.76 Å². The van der Waals surface area contributed by atoms with E-state index in [1.165, 1.54) is 32.1 Å². The molecule has 0 aliphatic heterocycles. The van der Waals surface area contributed by atoms with Crippen LogP contribution in [-0.4, -0.2) is 6.04 Å². The molecule has 1 aliphatic rings. The Hall–Kier alpha value is -0.0300. The maximum Gasteiger partial charge on any atom is 0.164 e. The Labute approximate surface area is 111 Å². The first-order valence-electron chi connectivity index (χ1n) is 6.23. The zero-order valence-corrected chi connectivity index (χ0v) is 12.0. The molecule has 2 nitrogen and oxygen atoms in total. The lowest BCUT2D eigenvalue weighted by atomic mass is 9.97. The second kappa shape index (κ2) is 6.05. The van der Waals surface area contributed by atoms with E-state index in [1.54, 1.807) is 0 Å². The molecule has 3 heteroatoms. The Morgan fingerprint density at radius 2 is 2.12 bits per heavy atom. The first kappa shape index (κ1) is 12.4. The van der Waals surface area contributed by atoms with Crippen LogP contribution in [0.15, 0.2) is 16.5 Å². The summed E-state index contributed by atoms with van der Waals surface area (Å²) in [4.78, 5) is 0. The van der Waals surface area contributed by atoms with Gasteiger partial charge < -0.3 is 9.73 Å². The molecule has 0 amide bonds. The van der Waals surface area contributed by atoms with E-state index >= 15 is 0 Å². The summed E-state index contributed by atoms with van der Waals surface area (Å²) in [6, 6.07) is 4.76. The maximum atomic E-state index is 5.57. The second-order valence-corrected chi connectivity index (χ2v) is 5.87. The lowest BCUT2D eigenvalue weighted by Crippen LogP contribution is -2.33. The van der Waals surface area contributed by atoms with Crippen molar-refractivity contribution in [3.05, 3.63) is 21.7 Å². The topological polar surface area (TPSA) is 25.2 Å². The zero-order valence-electron chi connectivity index (χ0n) is 9.84. The number of hydrogen-bond acceptors (Lipinski definition) is 2. The van der Waals surface area contributed by atoms with Crippen LogP contribution < -0.4 is 5.32 Å². The fourth-order valence-corrected chi connectivity index (χ4v) is 2.94. The van der Waals surface area contributed by atoms with Gasteiger partial charge in [-0.2, -0.15) is 0 Å². The Kier molecular flexibility index (Phi) is 4.70. The predicted octanol–water partition coefficient (Wildman–Crippen LogP) is 3.94. The molecule has 1 saturated carbocycles. The Morgan fingerprint density at radius 3 is 2.88 bits per heavy atom. The van der Waals surface area contributed by atoms with Crippen molar-refractivity contribution in [3.8, 4) is 0 Å².